The lowest BCUT2D eigenvalue weighted by Gasteiger charge is -2.03. The van der Waals surface area contributed by atoms with Crippen molar-refractivity contribution in [3.8, 4) is 5.75 Å². The molecule has 2 nitrogen and oxygen atoms in total. The molecule has 0 bridgehead atoms. The molecule has 0 atom stereocenters. The predicted octanol–water partition coefficient (Wildman–Crippen LogP) is 2.18. The first-order valence-electron chi connectivity index (χ1n) is 3.82. The van der Waals surface area contributed by atoms with Crippen LogP contribution in [0.1, 0.15) is 6.42 Å². The van der Waals surface area contributed by atoms with Gasteiger partial charge in [-0.05, 0) is 24.6 Å². The molecular weight excluding hydrogens is 174 g/mol. The highest BCUT2D eigenvalue weighted by Crippen LogP contribution is 2.16. The highest BCUT2D eigenvalue weighted by molar-refractivity contribution is 6.30. The SMILES string of the molecule is [N]CCCOc1cccc(Cl)c1. The van der Waals surface area contributed by atoms with E-state index in [1.807, 2.05) is 12.1 Å². The lowest BCUT2D eigenvalue weighted by atomic mass is 10.3. The molecule has 0 amide bonds. The molecule has 1 aromatic rings. The number of ether oxygens (including phenoxy) is 1. The van der Waals surface area contributed by atoms with Gasteiger partial charge in [-0.3, -0.25) is 0 Å². The molecule has 2 radical (unpaired) electrons. The lowest BCUT2D eigenvalue weighted by Crippen LogP contribution is -2.00. The van der Waals surface area contributed by atoms with Gasteiger partial charge in [0, 0.05) is 11.6 Å². The van der Waals surface area contributed by atoms with Crippen molar-refractivity contribution in [2.75, 3.05) is 13.2 Å². The highest BCUT2D eigenvalue weighted by atomic mass is 35.5. The van der Waals surface area contributed by atoms with E-state index in [9.17, 15) is 0 Å². The fourth-order valence-electron chi connectivity index (χ4n) is 0.811. The van der Waals surface area contributed by atoms with Crippen LogP contribution >= 0.6 is 11.6 Å². The van der Waals surface area contributed by atoms with Crippen LogP contribution in [0.25, 0.3) is 0 Å². The summed E-state index contributed by atoms with van der Waals surface area (Å²) < 4.78 is 5.28. The second kappa shape index (κ2) is 5.01. The Bertz CT molecular complexity index is 240. The number of nitrogens with zero attached hydrogens (tertiary/aromatic N) is 1. The minimum absolute atomic E-state index is 0.153. The predicted molar refractivity (Wildman–Crippen MR) is 48.6 cm³/mol. The van der Waals surface area contributed by atoms with Gasteiger partial charge in [0.1, 0.15) is 5.75 Å². The monoisotopic (exact) mass is 183 g/mol. The summed E-state index contributed by atoms with van der Waals surface area (Å²) in [5, 5.41) is 0.663. The van der Waals surface area contributed by atoms with Crippen LogP contribution in [0.15, 0.2) is 24.3 Å². The fourth-order valence-corrected chi connectivity index (χ4v) is 0.992. The van der Waals surface area contributed by atoms with Gasteiger partial charge >= 0.3 is 0 Å². The summed E-state index contributed by atoms with van der Waals surface area (Å²) in [6.07, 6.45) is 0.645. The maximum Gasteiger partial charge on any atom is 0.120 e. The van der Waals surface area contributed by atoms with Crippen molar-refractivity contribution in [2.24, 2.45) is 0 Å². The zero-order valence-electron chi connectivity index (χ0n) is 6.66. The van der Waals surface area contributed by atoms with Crippen molar-refractivity contribution >= 4 is 11.6 Å². The van der Waals surface area contributed by atoms with Crippen molar-refractivity contribution in [2.45, 2.75) is 6.42 Å². The third-order valence-corrected chi connectivity index (χ3v) is 1.60. The van der Waals surface area contributed by atoms with Crippen molar-refractivity contribution in [1.82, 2.24) is 5.73 Å². The van der Waals surface area contributed by atoms with E-state index in [1.165, 1.54) is 0 Å². The Hall–Kier alpha value is -0.730. The fraction of sp³-hybridized carbons (Fsp3) is 0.333. The van der Waals surface area contributed by atoms with E-state index in [1.54, 1.807) is 12.1 Å². The summed E-state index contributed by atoms with van der Waals surface area (Å²) in [5.41, 5.74) is 8.49. The van der Waals surface area contributed by atoms with Gasteiger partial charge in [-0.2, -0.15) is 0 Å². The minimum atomic E-state index is 0.153. The summed E-state index contributed by atoms with van der Waals surface area (Å²) in [7, 11) is 0. The second-order valence-electron chi connectivity index (χ2n) is 2.38. The maximum atomic E-state index is 8.49. The molecule has 1 aromatic carbocycles. The molecule has 0 spiro atoms. The largest absolute Gasteiger partial charge is 0.493 e. The van der Waals surface area contributed by atoms with E-state index < -0.39 is 0 Å². The summed E-state index contributed by atoms with van der Waals surface area (Å²) >= 11 is 5.73. The topological polar surface area (TPSA) is 31.5 Å². The molecule has 0 aliphatic heterocycles. The van der Waals surface area contributed by atoms with Crippen LogP contribution in [0.2, 0.25) is 5.02 Å². The summed E-state index contributed by atoms with van der Waals surface area (Å²) in [4.78, 5) is 0. The molecule has 0 aromatic heterocycles. The molecule has 1 rings (SSSR count). The zero-order chi connectivity index (χ0) is 8.81. The van der Waals surface area contributed by atoms with E-state index >= 15 is 0 Å². The number of rotatable bonds is 4. The Labute approximate surface area is 77.3 Å². The number of hydrogen-bond donors (Lipinski definition) is 0. The van der Waals surface area contributed by atoms with E-state index in [0.717, 1.165) is 5.75 Å². The molecule has 0 N–H and O–H groups in total. The lowest BCUT2D eigenvalue weighted by molar-refractivity contribution is 0.313. The molecule has 0 unspecified atom stereocenters. The Balaban J connectivity index is 2.41. The van der Waals surface area contributed by atoms with Gasteiger partial charge < -0.3 is 4.74 Å². The van der Waals surface area contributed by atoms with Gasteiger partial charge in [-0.1, -0.05) is 17.7 Å². The third-order valence-electron chi connectivity index (χ3n) is 1.37. The average molecular weight is 184 g/mol. The van der Waals surface area contributed by atoms with Crippen LogP contribution in [-0.4, -0.2) is 13.2 Å². The summed E-state index contributed by atoms with van der Waals surface area (Å²) in [6.45, 7) is 0.678. The molecule has 0 aliphatic carbocycles. The van der Waals surface area contributed by atoms with Crippen molar-refractivity contribution in [1.29, 1.82) is 0 Å². The van der Waals surface area contributed by atoms with Gasteiger partial charge in [0.2, 0.25) is 0 Å². The molecule has 0 fully saturated rings. The summed E-state index contributed by atoms with van der Waals surface area (Å²) in [5.74, 6) is 0.746. The van der Waals surface area contributed by atoms with E-state index in [0.29, 0.717) is 18.1 Å². The second-order valence-corrected chi connectivity index (χ2v) is 2.82. The van der Waals surface area contributed by atoms with Gasteiger partial charge in [-0.25, -0.2) is 0 Å². The molecule has 12 heavy (non-hydrogen) atoms. The Morgan fingerprint density at radius 2 is 2.25 bits per heavy atom. The number of benzene rings is 1. The van der Waals surface area contributed by atoms with Crippen LogP contribution in [0.5, 0.6) is 5.75 Å². The van der Waals surface area contributed by atoms with Gasteiger partial charge in [0.25, 0.3) is 0 Å². The molecule has 0 heterocycles. The van der Waals surface area contributed by atoms with Crippen LogP contribution in [-0.2, 0) is 0 Å². The first-order valence-corrected chi connectivity index (χ1v) is 4.20. The molecule has 0 saturated carbocycles. The van der Waals surface area contributed by atoms with Gasteiger partial charge in [-0.15, -0.1) is 5.73 Å². The van der Waals surface area contributed by atoms with E-state index in [2.05, 4.69) is 0 Å². The minimum Gasteiger partial charge on any atom is -0.493 e. The molecular formula is C9H10ClNO. The maximum absolute atomic E-state index is 8.49. The van der Waals surface area contributed by atoms with Crippen LogP contribution in [0.3, 0.4) is 0 Å². The first kappa shape index (κ1) is 9.36. The molecule has 3 heteroatoms. The standard InChI is InChI=1S/C9H10ClNO/c10-8-3-1-4-9(7-8)12-6-2-5-11/h1,3-4,7H,2,5-6H2. The molecule has 0 aliphatic rings. The van der Waals surface area contributed by atoms with E-state index in [-0.39, 0.29) is 6.54 Å². The smallest absolute Gasteiger partial charge is 0.120 e. The average Bonchev–Trinajstić information content (AvgIpc) is 2.05. The first-order chi connectivity index (χ1) is 5.83. The van der Waals surface area contributed by atoms with Crippen LogP contribution in [0, 0.1) is 0 Å². The normalized spacial score (nSPS) is 9.83. The number of halogens is 1. The van der Waals surface area contributed by atoms with Crippen LogP contribution < -0.4 is 10.5 Å². The van der Waals surface area contributed by atoms with Gasteiger partial charge in [0.05, 0.1) is 6.61 Å². The zero-order valence-corrected chi connectivity index (χ0v) is 7.42. The Morgan fingerprint density at radius 1 is 1.42 bits per heavy atom. The highest BCUT2D eigenvalue weighted by Gasteiger charge is 1.93. The Kier molecular flexibility index (Phi) is 3.91. The van der Waals surface area contributed by atoms with E-state index in [4.69, 9.17) is 22.1 Å². The van der Waals surface area contributed by atoms with Crippen LogP contribution in [0.4, 0.5) is 0 Å². The third kappa shape index (κ3) is 3.11. The number of hydrogen-bond acceptors (Lipinski definition) is 1. The van der Waals surface area contributed by atoms with Crippen molar-refractivity contribution in [3.63, 3.8) is 0 Å². The van der Waals surface area contributed by atoms with Crippen molar-refractivity contribution < 1.29 is 4.74 Å². The quantitative estimate of drug-likeness (QED) is 0.659. The van der Waals surface area contributed by atoms with Gasteiger partial charge in [0.15, 0.2) is 0 Å². The Morgan fingerprint density at radius 3 is 2.92 bits per heavy atom. The summed E-state index contributed by atoms with van der Waals surface area (Å²) in [6, 6.07) is 7.21. The molecule has 0 saturated heterocycles. The van der Waals surface area contributed by atoms with Crippen molar-refractivity contribution in [3.05, 3.63) is 29.3 Å². The molecule has 64 valence electrons.